The summed E-state index contributed by atoms with van der Waals surface area (Å²) >= 11 is 0. The number of likely N-dealkylation sites (N-methyl/N-ethyl adjacent to an activating group) is 1. The SMILES string of the molecule is CC[C@H](C(=O)NC[C@@H]1CCC[C@@]12NC(=O)N(C)C2=O)c1ccccc1. The minimum atomic E-state index is -0.840. The third-order valence-electron chi connectivity index (χ3n) is 5.59. The summed E-state index contributed by atoms with van der Waals surface area (Å²) in [4.78, 5) is 38.2. The van der Waals surface area contributed by atoms with Crippen molar-refractivity contribution >= 4 is 17.8 Å². The van der Waals surface area contributed by atoms with Crippen LogP contribution in [0.25, 0.3) is 0 Å². The standard InChI is InChI=1S/C19H25N3O3/c1-3-15(13-8-5-4-6-9-13)16(23)20-12-14-10-7-11-19(14)17(24)22(2)18(25)21-19/h4-6,8-9,14-15H,3,7,10-12H2,1-2H3,(H,20,23)(H,21,25)/t14-,15-,19+/m0/s1. The van der Waals surface area contributed by atoms with Crippen molar-refractivity contribution in [1.82, 2.24) is 15.5 Å². The zero-order valence-electron chi connectivity index (χ0n) is 14.7. The van der Waals surface area contributed by atoms with Crippen LogP contribution in [-0.4, -0.2) is 41.9 Å². The van der Waals surface area contributed by atoms with Gasteiger partial charge in [0.05, 0.1) is 5.92 Å². The average Bonchev–Trinajstić information content (AvgIpc) is 3.12. The lowest BCUT2D eigenvalue weighted by molar-refractivity contribution is -0.132. The highest BCUT2D eigenvalue weighted by Crippen LogP contribution is 2.39. The monoisotopic (exact) mass is 343 g/mol. The number of amides is 4. The largest absolute Gasteiger partial charge is 0.355 e. The van der Waals surface area contributed by atoms with Gasteiger partial charge in [-0.15, -0.1) is 0 Å². The van der Waals surface area contributed by atoms with Crippen molar-refractivity contribution in [2.24, 2.45) is 5.92 Å². The van der Waals surface area contributed by atoms with Gasteiger partial charge in [-0.2, -0.15) is 0 Å². The van der Waals surface area contributed by atoms with Crippen LogP contribution < -0.4 is 10.6 Å². The Kier molecular flexibility index (Phi) is 4.79. The number of rotatable bonds is 5. The summed E-state index contributed by atoms with van der Waals surface area (Å²) < 4.78 is 0. The van der Waals surface area contributed by atoms with E-state index in [1.807, 2.05) is 37.3 Å². The van der Waals surface area contributed by atoms with E-state index in [0.29, 0.717) is 19.4 Å². The second-order valence-electron chi connectivity index (χ2n) is 6.97. The number of hydrogen-bond donors (Lipinski definition) is 2. The molecule has 6 heteroatoms. The van der Waals surface area contributed by atoms with Gasteiger partial charge in [0.15, 0.2) is 0 Å². The van der Waals surface area contributed by atoms with Crippen LogP contribution in [-0.2, 0) is 9.59 Å². The van der Waals surface area contributed by atoms with Gasteiger partial charge < -0.3 is 10.6 Å². The topological polar surface area (TPSA) is 78.5 Å². The molecule has 1 spiro atoms. The molecule has 2 N–H and O–H groups in total. The van der Waals surface area contributed by atoms with Gasteiger partial charge in [-0.1, -0.05) is 43.7 Å². The minimum absolute atomic E-state index is 0.0270. The first-order valence-corrected chi connectivity index (χ1v) is 8.92. The van der Waals surface area contributed by atoms with Gasteiger partial charge in [-0.05, 0) is 24.8 Å². The van der Waals surface area contributed by atoms with Crippen molar-refractivity contribution in [2.45, 2.75) is 44.1 Å². The first-order chi connectivity index (χ1) is 12.0. The Morgan fingerprint density at radius 1 is 1.36 bits per heavy atom. The summed E-state index contributed by atoms with van der Waals surface area (Å²) in [5.41, 5.74) is 0.154. The normalized spacial score (nSPS) is 26.8. The highest BCUT2D eigenvalue weighted by molar-refractivity contribution is 6.07. The van der Waals surface area contributed by atoms with E-state index in [9.17, 15) is 14.4 Å². The number of carbonyl (C=O) groups is 3. The van der Waals surface area contributed by atoms with Crippen LogP contribution in [0, 0.1) is 5.92 Å². The van der Waals surface area contributed by atoms with Crippen molar-refractivity contribution in [3.8, 4) is 0 Å². The van der Waals surface area contributed by atoms with Crippen LogP contribution >= 0.6 is 0 Å². The van der Waals surface area contributed by atoms with Gasteiger partial charge in [-0.3, -0.25) is 14.5 Å². The lowest BCUT2D eigenvalue weighted by Gasteiger charge is -2.29. The molecule has 1 saturated carbocycles. The van der Waals surface area contributed by atoms with Gasteiger partial charge in [0.25, 0.3) is 5.91 Å². The average molecular weight is 343 g/mol. The molecule has 2 fully saturated rings. The molecule has 1 aliphatic carbocycles. The molecular weight excluding hydrogens is 318 g/mol. The molecule has 134 valence electrons. The van der Waals surface area contributed by atoms with E-state index < -0.39 is 5.54 Å². The van der Waals surface area contributed by atoms with E-state index in [2.05, 4.69) is 10.6 Å². The summed E-state index contributed by atoms with van der Waals surface area (Å²) in [6.45, 7) is 2.39. The molecule has 0 radical (unpaired) electrons. The molecule has 1 aromatic rings. The number of urea groups is 1. The van der Waals surface area contributed by atoms with Crippen LogP contribution in [0.2, 0.25) is 0 Å². The predicted molar refractivity (Wildman–Crippen MR) is 93.9 cm³/mol. The molecule has 25 heavy (non-hydrogen) atoms. The molecule has 1 aliphatic heterocycles. The highest BCUT2D eigenvalue weighted by Gasteiger charge is 2.56. The van der Waals surface area contributed by atoms with Crippen LogP contribution in [0.4, 0.5) is 4.79 Å². The maximum absolute atomic E-state index is 12.7. The minimum Gasteiger partial charge on any atom is -0.355 e. The summed E-state index contributed by atoms with van der Waals surface area (Å²) in [5.74, 6) is -0.466. The molecule has 2 aliphatic rings. The Bertz CT molecular complexity index is 676. The molecule has 3 rings (SSSR count). The van der Waals surface area contributed by atoms with Crippen molar-refractivity contribution < 1.29 is 14.4 Å². The van der Waals surface area contributed by atoms with Crippen LogP contribution in [0.15, 0.2) is 30.3 Å². The summed E-state index contributed by atoms with van der Waals surface area (Å²) in [6.07, 6.45) is 3.04. The maximum atomic E-state index is 12.7. The Labute approximate surface area is 148 Å². The molecular formula is C19H25N3O3. The summed E-state index contributed by atoms with van der Waals surface area (Å²) in [6, 6.07) is 9.36. The zero-order valence-corrected chi connectivity index (χ0v) is 14.7. The molecule has 1 aromatic carbocycles. The smallest absolute Gasteiger partial charge is 0.324 e. The van der Waals surface area contributed by atoms with Crippen LogP contribution in [0.5, 0.6) is 0 Å². The fraction of sp³-hybridized carbons (Fsp3) is 0.526. The lowest BCUT2D eigenvalue weighted by Crippen LogP contribution is -2.53. The van der Waals surface area contributed by atoms with Gasteiger partial charge in [0.2, 0.25) is 5.91 Å². The van der Waals surface area contributed by atoms with Gasteiger partial charge >= 0.3 is 6.03 Å². The number of nitrogens with one attached hydrogen (secondary N) is 2. The van der Waals surface area contributed by atoms with E-state index >= 15 is 0 Å². The third-order valence-corrected chi connectivity index (χ3v) is 5.59. The molecule has 0 bridgehead atoms. The Balaban J connectivity index is 1.67. The number of imide groups is 1. The molecule has 1 saturated heterocycles. The van der Waals surface area contributed by atoms with Gasteiger partial charge in [-0.25, -0.2) is 4.79 Å². The van der Waals surface area contributed by atoms with E-state index in [-0.39, 0.29) is 29.7 Å². The van der Waals surface area contributed by atoms with E-state index in [1.165, 1.54) is 7.05 Å². The van der Waals surface area contributed by atoms with E-state index in [4.69, 9.17) is 0 Å². The lowest BCUT2D eigenvalue weighted by atomic mass is 9.86. The Hall–Kier alpha value is -2.37. The molecule has 0 unspecified atom stereocenters. The van der Waals surface area contributed by atoms with Crippen LogP contribution in [0.1, 0.15) is 44.1 Å². The van der Waals surface area contributed by atoms with E-state index in [1.54, 1.807) is 0 Å². The van der Waals surface area contributed by atoms with Crippen molar-refractivity contribution in [3.05, 3.63) is 35.9 Å². The fourth-order valence-electron chi connectivity index (χ4n) is 4.12. The highest BCUT2D eigenvalue weighted by atomic mass is 16.2. The number of carbonyl (C=O) groups excluding carboxylic acids is 3. The zero-order chi connectivity index (χ0) is 18.0. The predicted octanol–water partition coefficient (Wildman–Crippen LogP) is 2.02. The number of hydrogen-bond acceptors (Lipinski definition) is 3. The van der Waals surface area contributed by atoms with Crippen molar-refractivity contribution in [3.63, 3.8) is 0 Å². The first-order valence-electron chi connectivity index (χ1n) is 8.92. The molecule has 3 atom stereocenters. The number of nitrogens with zero attached hydrogens (tertiary/aromatic N) is 1. The molecule has 4 amide bonds. The van der Waals surface area contributed by atoms with E-state index in [0.717, 1.165) is 23.3 Å². The number of benzene rings is 1. The van der Waals surface area contributed by atoms with Crippen LogP contribution in [0.3, 0.4) is 0 Å². The first kappa shape index (κ1) is 17.5. The fourth-order valence-corrected chi connectivity index (χ4v) is 4.12. The Morgan fingerprint density at radius 3 is 2.68 bits per heavy atom. The molecule has 0 aromatic heterocycles. The maximum Gasteiger partial charge on any atom is 0.324 e. The summed E-state index contributed by atoms with van der Waals surface area (Å²) in [7, 11) is 1.50. The Morgan fingerprint density at radius 2 is 2.08 bits per heavy atom. The third kappa shape index (κ3) is 3.01. The summed E-state index contributed by atoms with van der Waals surface area (Å²) in [5, 5.41) is 5.88. The molecule has 1 heterocycles. The second-order valence-corrected chi connectivity index (χ2v) is 6.97. The van der Waals surface area contributed by atoms with Crippen molar-refractivity contribution in [2.75, 3.05) is 13.6 Å². The van der Waals surface area contributed by atoms with Gasteiger partial charge in [0.1, 0.15) is 5.54 Å². The quantitative estimate of drug-likeness (QED) is 0.803. The van der Waals surface area contributed by atoms with Gasteiger partial charge in [0, 0.05) is 19.5 Å². The van der Waals surface area contributed by atoms with Crippen molar-refractivity contribution in [1.29, 1.82) is 0 Å². The molecule has 6 nitrogen and oxygen atoms in total. The second kappa shape index (κ2) is 6.86.